The molecule has 4 rings (SSSR count). The molecule has 12 heteroatoms. The Morgan fingerprint density at radius 2 is 1.94 bits per heavy atom. The van der Waals surface area contributed by atoms with Crippen LogP contribution in [0.1, 0.15) is 18.4 Å². The Bertz CT molecular complexity index is 1310. The standard InChI is InChI=1S/C23H20ClF3N4O4/c24-14-6-7-16-17(12-31(21(28)33)19(16)11-14)29-22(34)30-8-2-5-18(30)20(32)10-13-3-1-4-15(9-13)35-23(25,26)27/h1,3-4,6-7,9,11-12,18H,2,5,8,10H2,(H2,28,33)(H,29,34)/t18-/m0/s1. The van der Waals surface area contributed by atoms with Crippen molar-refractivity contribution in [3.05, 3.63) is 59.2 Å². The Morgan fingerprint density at radius 1 is 1.17 bits per heavy atom. The highest BCUT2D eigenvalue weighted by molar-refractivity contribution is 6.31. The van der Waals surface area contributed by atoms with Crippen LogP contribution in [0.4, 0.5) is 28.4 Å². The minimum Gasteiger partial charge on any atom is -0.406 e. The minimum absolute atomic E-state index is 0.164. The molecule has 0 spiro atoms. The number of benzene rings is 2. The van der Waals surface area contributed by atoms with Crippen LogP contribution in [0.5, 0.6) is 5.75 Å². The molecule has 3 aromatic rings. The zero-order valence-corrected chi connectivity index (χ0v) is 18.9. The number of nitrogens with two attached hydrogens (primary N) is 1. The number of nitrogens with one attached hydrogen (secondary N) is 1. The monoisotopic (exact) mass is 508 g/mol. The fourth-order valence-electron chi connectivity index (χ4n) is 4.19. The first kappa shape index (κ1) is 24.4. The Labute approximate surface area is 202 Å². The van der Waals surface area contributed by atoms with E-state index in [1.807, 2.05) is 0 Å². The Morgan fingerprint density at radius 3 is 2.66 bits per heavy atom. The van der Waals surface area contributed by atoms with Gasteiger partial charge in [0.1, 0.15) is 5.75 Å². The molecule has 35 heavy (non-hydrogen) atoms. The van der Waals surface area contributed by atoms with Crippen LogP contribution < -0.4 is 15.8 Å². The number of urea groups is 1. The second-order valence-corrected chi connectivity index (χ2v) is 8.47. The van der Waals surface area contributed by atoms with Crippen molar-refractivity contribution in [2.75, 3.05) is 11.9 Å². The lowest BCUT2D eigenvalue weighted by Gasteiger charge is -2.24. The van der Waals surface area contributed by atoms with E-state index in [1.165, 1.54) is 29.3 Å². The molecule has 8 nitrogen and oxygen atoms in total. The highest BCUT2D eigenvalue weighted by Crippen LogP contribution is 2.30. The second-order valence-electron chi connectivity index (χ2n) is 8.03. The van der Waals surface area contributed by atoms with Gasteiger partial charge in [0, 0.05) is 29.6 Å². The highest BCUT2D eigenvalue weighted by atomic mass is 35.5. The maximum atomic E-state index is 13.0. The predicted molar refractivity (Wildman–Crippen MR) is 123 cm³/mol. The fourth-order valence-corrected chi connectivity index (χ4v) is 4.35. The average Bonchev–Trinajstić information content (AvgIpc) is 3.38. The summed E-state index contributed by atoms with van der Waals surface area (Å²) < 4.78 is 42.5. The number of ether oxygens (including phenoxy) is 1. The second kappa shape index (κ2) is 9.49. The predicted octanol–water partition coefficient (Wildman–Crippen LogP) is 4.93. The number of aromatic nitrogens is 1. The highest BCUT2D eigenvalue weighted by Gasteiger charge is 2.35. The number of likely N-dealkylation sites (tertiary alicyclic amines) is 1. The summed E-state index contributed by atoms with van der Waals surface area (Å²) in [6, 6.07) is 7.89. The summed E-state index contributed by atoms with van der Waals surface area (Å²) in [7, 11) is 0. The fraction of sp³-hybridized carbons (Fsp3) is 0.261. The molecule has 184 valence electrons. The minimum atomic E-state index is -4.84. The number of hydrogen-bond acceptors (Lipinski definition) is 4. The molecule has 0 unspecified atom stereocenters. The van der Waals surface area contributed by atoms with Gasteiger partial charge in [-0.05, 0) is 48.7 Å². The van der Waals surface area contributed by atoms with E-state index in [0.29, 0.717) is 46.6 Å². The van der Waals surface area contributed by atoms with E-state index in [-0.39, 0.29) is 12.2 Å². The molecule has 1 aliphatic heterocycles. The summed E-state index contributed by atoms with van der Waals surface area (Å²) in [6.07, 6.45) is -2.63. The van der Waals surface area contributed by atoms with Gasteiger partial charge in [0.15, 0.2) is 5.78 Å². The van der Waals surface area contributed by atoms with Crippen molar-refractivity contribution >= 4 is 46.0 Å². The van der Waals surface area contributed by atoms with E-state index in [9.17, 15) is 27.6 Å². The molecule has 0 aliphatic carbocycles. The number of anilines is 1. The molecule has 0 radical (unpaired) electrons. The Kier molecular flexibility index (Phi) is 6.62. The lowest BCUT2D eigenvalue weighted by molar-refractivity contribution is -0.274. The van der Waals surface area contributed by atoms with E-state index < -0.39 is 30.2 Å². The topological polar surface area (TPSA) is 107 Å². The number of ketones is 1. The van der Waals surface area contributed by atoms with Crippen molar-refractivity contribution < 1.29 is 32.3 Å². The molecule has 1 saturated heterocycles. The van der Waals surface area contributed by atoms with Gasteiger partial charge in [-0.3, -0.25) is 9.36 Å². The van der Waals surface area contributed by atoms with Crippen LogP contribution in [0.15, 0.2) is 48.7 Å². The zero-order valence-electron chi connectivity index (χ0n) is 18.1. The number of nitrogens with zero attached hydrogens (tertiary/aromatic N) is 2. The van der Waals surface area contributed by atoms with Crippen LogP contribution in [0.25, 0.3) is 10.9 Å². The number of primary amides is 1. The van der Waals surface area contributed by atoms with Gasteiger partial charge >= 0.3 is 18.4 Å². The molecule has 1 aromatic heterocycles. The SMILES string of the molecule is NC(=O)n1cc(NC(=O)N2CCC[C@H]2C(=O)Cc2cccc(OC(F)(F)F)c2)c2ccc(Cl)cc21. The molecule has 0 saturated carbocycles. The third-order valence-electron chi connectivity index (χ3n) is 5.64. The van der Waals surface area contributed by atoms with Crippen LogP contribution in [-0.2, 0) is 11.2 Å². The quantitative estimate of drug-likeness (QED) is 0.509. The smallest absolute Gasteiger partial charge is 0.406 e. The molecule has 3 N–H and O–H groups in total. The molecule has 2 aromatic carbocycles. The number of carbonyl (C=O) groups is 3. The summed E-state index contributed by atoms with van der Waals surface area (Å²) in [5.74, 6) is -0.733. The van der Waals surface area contributed by atoms with E-state index >= 15 is 0 Å². The third-order valence-corrected chi connectivity index (χ3v) is 5.88. The summed E-state index contributed by atoms with van der Waals surface area (Å²) in [5, 5.41) is 3.64. The first-order valence-electron chi connectivity index (χ1n) is 10.6. The van der Waals surface area contributed by atoms with Crippen molar-refractivity contribution in [1.29, 1.82) is 0 Å². The molecule has 2 heterocycles. The van der Waals surface area contributed by atoms with Gasteiger partial charge in [-0.15, -0.1) is 13.2 Å². The van der Waals surface area contributed by atoms with Crippen molar-refractivity contribution in [1.82, 2.24) is 9.47 Å². The number of carbonyl (C=O) groups excluding carboxylic acids is 3. The van der Waals surface area contributed by atoms with E-state index in [2.05, 4.69) is 10.1 Å². The first-order valence-corrected chi connectivity index (χ1v) is 10.9. The van der Waals surface area contributed by atoms with E-state index in [1.54, 1.807) is 12.1 Å². The molecular weight excluding hydrogens is 489 g/mol. The normalized spacial score (nSPS) is 15.9. The van der Waals surface area contributed by atoms with Crippen molar-refractivity contribution in [3.8, 4) is 5.75 Å². The lowest BCUT2D eigenvalue weighted by atomic mass is 10.0. The van der Waals surface area contributed by atoms with E-state index in [0.717, 1.165) is 16.7 Å². The zero-order chi connectivity index (χ0) is 25.3. The summed E-state index contributed by atoms with van der Waals surface area (Å²) >= 11 is 6.01. The molecule has 1 aliphatic rings. The van der Waals surface area contributed by atoms with Gasteiger partial charge in [-0.1, -0.05) is 23.7 Å². The van der Waals surface area contributed by atoms with Crippen LogP contribution in [0.3, 0.4) is 0 Å². The van der Waals surface area contributed by atoms with Gasteiger partial charge in [0.25, 0.3) is 0 Å². The lowest BCUT2D eigenvalue weighted by Crippen LogP contribution is -2.43. The summed E-state index contributed by atoms with van der Waals surface area (Å²) in [4.78, 5) is 39.2. The van der Waals surface area contributed by atoms with Gasteiger partial charge in [0.05, 0.1) is 17.2 Å². The van der Waals surface area contributed by atoms with Crippen molar-refractivity contribution in [2.24, 2.45) is 5.73 Å². The Hall–Kier alpha value is -3.73. The van der Waals surface area contributed by atoms with E-state index in [4.69, 9.17) is 17.3 Å². The number of alkyl halides is 3. The van der Waals surface area contributed by atoms with Crippen LogP contribution >= 0.6 is 11.6 Å². The van der Waals surface area contributed by atoms with Crippen molar-refractivity contribution in [3.63, 3.8) is 0 Å². The third kappa shape index (κ3) is 5.51. The number of rotatable bonds is 5. The molecular formula is C23H20ClF3N4O4. The maximum absolute atomic E-state index is 13.0. The first-order chi connectivity index (χ1) is 16.5. The van der Waals surface area contributed by atoms with Crippen LogP contribution in [0, 0.1) is 0 Å². The summed E-state index contributed by atoms with van der Waals surface area (Å²) in [5.41, 5.74) is 6.48. The molecule has 1 atom stereocenters. The Balaban J connectivity index is 1.49. The average molecular weight is 509 g/mol. The van der Waals surface area contributed by atoms with Crippen molar-refractivity contribution in [2.45, 2.75) is 31.7 Å². The maximum Gasteiger partial charge on any atom is 0.573 e. The number of halogens is 4. The van der Waals surface area contributed by atoms with Gasteiger partial charge in [0.2, 0.25) is 0 Å². The molecule has 0 bridgehead atoms. The summed E-state index contributed by atoms with van der Waals surface area (Å²) in [6.45, 7) is 0.319. The number of hydrogen-bond donors (Lipinski definition) is 2. The largest absolute Gasteiger partial charge is 0.573 e. The van der Waals surface area contributed by atoms with Gasteiger partial charge < -0.3 is 20.7 Å². The van der Waals surface area contributed by atoms with Gasteiger partial charge in [-0.2, -0.15) is 0 Å². The molecule has 1 fully saturated rings. The van der Waals surface area contributed by atoms with Crippen LogP contribution in [0.2, 0.25) is 5.02 Å². The van der Waals surface area contributed by atoms with Crippen LogP contribution in [-0.4, -0.2) is 46.3 Å². The number of amides is 3. The number of Topliss-reactive ketones (excluding diaryl/α,β-unsaturated/α-hetero) is 1. The number of fused-ring (bicyclic) bond motifs is 1. The molecule has 3 amide bonds. The van der Waals surface area contributed by atoms with Gasteiger partial charge in [-0.25, -0.2) is 9.59 Å².